The van der Waals surface area contributed by atoms with E-state index in [-0.39, 0.29) is 6.03 Å². The standard InChI is InChI=1S/C17H25N3OS/c21-17(20-10-12-22-13-11-20)18-15-6-5-7-16(14-15)19-8-3-1-2-4-9-19/h5-7,14H,1-4,8-13H2,(H,18,21). The first-order valence-electron chi connectivity index (χ1n) is 8.31. The third-order valence-corrected chi connectivity index (χ3v) is 5.31. The number of hydrogen-bond acceptors (Lipinski definition) is 3. The smallest absolute Gasteiger partial charge is 0.321 e. The number of carbonyl (C=O) groups excluding carboxylic acids is 1. The summed E-state index contributed by atoms with van der Waals surface area (Å²) in [7, 11) is 0. The molecule has 3 rings (SSSR count). The zero-order chi connectivity index (χ0) is 15.2. The number of nitrogens with zero attached hydrogens (tertiary/aromatic N) is 2. The normalized spacial score (nSPS) is 19.6. The molecule has 0 aromatic heterocycles. The quantitative estimate of drug-likeness (QED) is 0.904. The Hall–Kier alpha value is -1.36. The van der Waals surface area contributed by atoms with Crippen molar-refractivity contribution in [2.24, 2.45) is 0 Å². The highest BCUT2D eigenvalue weighted by atomic mass is 32.2. The summed E-state index contributed by atoms with van der Waals surface area (Å²) in [6, 6.07) is 8.33. The van der Waals surface area contributed by atoms with Gasteiger partial charge in [-0.1, -0.05) is 18.9 Å². The van der Waals surface area contributed by atoms with Crippen LogP contribution >= 0.6 is 11.8 Å². The maximum atomic E-state index is 12.3. The first-order chi connectivity index (χ1) is 10.8. The number of urea groups is 1. The predicted molar refractivity (Wildman–Crippen MR) is 95.0 cm³/mol. The minimum atomic E-state index is 0.0355. The SMILES string of the molecule is O=C(Nc1cccc(N2CCCCCC2)c1)N1CCSCC1. The molecular weight excluding hydrogens is 294 g/mol. The van der Waals surface area contributed by atoms with Gasteiger partial charge in [-0.25, -0.2) is 4.79 Å². The third-order valence-electron chi connectivity index (χ3n) is 4.37. The summed E-state index contributed by atoms with van der Waals surface area (Å²) in [5.74, 6) is 2.09. The summed E-state index contributed by atoms with van der Waals surface area (Å²) in [6.07, 6.45) is 5.20. The zero-order valence-corrected chi connectivity index (χ0v) is 13.9. The van der Waals surface area contributed by atoms with Crippen molar-refractivity contribution in [1.82, 2.24) is 4.90 Å². The Labute approximate surface area is 137 Å². The lowest BCUT2D eigenvalue weighted by Crippen LogP contribution is -2.40. The fourth-order valence-electron chi connectivity index (χ4n) is 3.08. The van der Waals surface area contributed by atoms with Crippen molar-refractivity contribution in [3.05, 3.63) is 24.3 Å². The van der Waals surface area contributed by atoms with Gasteiger partial charge >= 0.3 is 6.03 Å². The van der Waals surface area contributed by atoms with Crippen molar-refractivity contribution in [2.75, 3.05) is 47.9 Å². The molecule has 5 heteroatoms. The molecule has 0 radical (unpaired) electrons. The van der Waals surface area contributed by atoms with E-state index in [2.05, 4.69) is 22.3 Å². The van der Waals surface area contributed by atoms with Crippen LogP contribution in [0.25, 0.3) is 0 Å². The molecule has 2 aliphatic rings. The Bertz CT molecular complexity index is 494. The van der Waals surface area contributed by atoms with Crippen molar-refractivity contribution >= 4 is 29.2 Å². The van der Waals surface area contributed by atoms with Crippen molar-refractivity contribution in [3.63, 3.8) is 0 Å². The van der Waals surface area contributed by atoms with Crippen LogP contribution in [0.1, 0.15) is 25.7 Å². The zero-order valence-electron chi connectivity index (χ0n) is 13.1. The Morgan fingerprint density at radius 3 is 2.45 bits per heavy atom. The van der Waals surface area contributed by atoms with E-state index in [4.69, 9.17) is 0 Å². The molecule has 0 atom stereocenters. The second-order valence-electron chi connectivity index (χ2n) is 5.98. The Morgan fingerprint density at radius 1 is 1.00 bits per heavy atom. The van der Waals surface area contributed by atoms with Crippen LogP contribution in [0, 0.1) is 0 Å². The molecule has 2 aliphatic heterocycles. The van der Waals surface area contributed by atoms with Crippen LogP contribution in [0.15, 0.2) is 24.3 Å². The fourth-order valence-corrected chi connectivity index (χ4v) is 3.98. The highest BCUT2D eigenvalue weighted by Crippen LogP contribution is 2.23. The Morgan fingerprint density at radius 2 is 1.73 bits per heavy atom. The van der Waals surface area contributed by atoms with Crippen molar-refractivity contribution in [2.45, 2.75) is 25.7 Å². The molecule has 4 nitrogen and oxygen atoms in total. The van der Waals surface area contributed by atoms with Crippen LogP contribution in [-0.4, -0.2) is 48.6 Å². The second kappa shape index (κ2) is 7.77. The molecule has 1 N–H and O–H groups in total. The summed E-state index contributed by atoms with van der Waals surface area (Å²) in [4.78, 5) is 16.7. The van der Waals surface area contributed by atoms with Gasteiger partial charge in [0, 0.05) is 49.1 Å². The monoisotopic (exact) mass is 319 g/mol. The van der Waals surface area contributed by atoms with Gasteiger partial charge in [0.15, 0.2) is 0 Å². The van der Waals surface area contributed by atoms with Crippen LogP contribution < -0.4 is 10.2 Å². The molecule has 0 spiro atoms. The van der Waals surface area contributed by atoms with Gasteiger partial charge in [0.05, 0.1) is 0 Å². The highest BCUT2D eigenvalue weighted by Gasteiger charge is 2.17. The summed E-state index contributed by atoms with van der Waals surface area (Å²) < 4.78 is 0. The number of rotatable bonds is 2. The van der Waals surface area contributed by atoms with E-state index in [1.165, 1.54) is 31.4 Å². The average molecular weight is 319 g/mol. The van der Waals surface area contributed by atoms with Crippen LogP contribution in [0.5, 0.6) is 0 Å². The van der Waals surface area contributed by atoms with E-state index in [9.17, 15) is 4.79 Å². The molecule has 0 saturated carbocycles. The van der Waals surface area contributed by atoms with Crippen molar-refractivity contribution < 1.29 is 4.79 Å². The van der Waals surface area contributed by atoms with Crippen LogP contribution in [0.4, 0.5) is 16.2 Å². The van der Waals surface area contributed by atoms with Gasteiger partial charge in [-0.2, -0.15) is 11.8 Å². The molecule has 0 unspecified atom stereocenters. The van der Waals surface area contributed by atoms with Gasteiger partial charge in [0.1, 0.15) is 0 Å². The molecule has 0 bridgehead atoms. The Balaban J connectivity index is 1.64. The number of hydrogen-bond donors (Lipinski definition) is 1. The minimum absolute atomic E-state index is 0.0355. The average Bonchev–Trinajstić information content (AvgIpc) is 2.85. The molecule has 2 amide bonds. The molecule has 1 aromatic carbocycles. The van der Waals surface area contributed by atoms with Gasteiger partial charge in [-0.15, -0.1) is 0 Å². The molecule has 0 aliphatic carbocycles. The lowest BCUT2D eigenvalue weighted by Gasteiger charge is -2.27. The van der Waals surface area contributed by atoms with E-state index in [1.807, 2.05) is 28.8 Å². The molecular formula is C17H25N3OS. The highest BCUT2D eigenvalue weighted by molar-refractivity contribution is 7.99. The summed E-state index contributed by atoms with van der Waals surface area (Å²) in [5, 5.41) is 3.06. The topological polar surface area (TPSA) is 35.6 Å². The molecule has 120 valence electrons. The second-order valence-corrected chi connectivity index (χ2v) is 7.21. The molecule has 1 aromatic rings. The van der Waals surface area contributed by atoms with Gasteiger partial charge < -0.3 is 15.1 Å². The molecule has 2 fully saturated rings. The number of thioether (sulfide) groups is 1. The van der Waals surface area contributed by atoms with Crippen LogP contribution in [0.3, 0.4) is 0 Å². The van der Waals surface area contributed by atoms with E-state index in [1.54, 1.807) is 0 Å². The first kappa shape index (κ1) is 15.5. The third kappa shape index (κ3) is 4.09. The maximum absolute atomic E-state index is 12.3. The van der Waals surface area contributed by atoms with E-state index >= 15 is 0 Å². The number of carbonyl (C=O) groups is 1. The van der Waals surface area contributed by atoms with Gasteiger partial charge in [-0.05, 0) is 31.0 Å². The van der Waals surface area contributed by atoms with E-state index in [0.29, 0.717) is 0 Å². The van der Waals surface area contributed by atoms with E-state index in [0.717, 1.165) is 43.4 Å². The van der Waals surface area contributed by atoms with Gasteiger partial charge in [-0.3, -0.25) is 0 Å². The summed E-state index contributed by atoms with van der Waals surface area (Å²) in [5.41, 5.74) is 2.14. The maximum Gasteiger partial charge on any atom is 0.321 e. The fraction of sp³-hybridized carbons (Fsp3) is 0.588. The lowest BCUT2D eigenvalue weighted by molar-refractivity contribution is 0.217. The van der Waals surface area contributed by atoms with Gasteiger partial charge in [0.25, 0.3) is 0 Å². The first-order valence-corrected chi connectivity index (χ1v) is 9.47. The summed E-state index contributed by atoms with van der Waals surface area (Å²) in [6.45, 7) is 3.95. The molecule has 2 heterocycles. The molecule has 22 heavy (non-hydrogen) atoms. The van der Waals surface area contributed by atoms with Crippen molar-refractivity contribution in [1.29, 1.82) is 0 Å². The number of benzene rings is 1. The van der Waals surface area contributed by atoms with Gasteiger partial charge in [0.2, 0.25) is 0 Å². The summed E-state index contributed by atoms with van der Waals surface area (Å²) >= 11 is 1.92. The van der Waals surface area contributed by atoms with E-state index < -0.39 is 0 Å². The Kier molecular flexibility index (Phi) is 5.48. The van der Waals surface area contributed by atoms with Crippen molar-refractivity contribution in [3.8, 4) is 0 Å². The van der Waals surface area contributed by atoms with Crippen LogP contribution in [0.2, 0.25) is 0 Å². The molecule has 2 saturated heterocycles. The predicted octanol–water partition coefficient (Wildman–Crippen LogP) is 3.65. The number of nitrogens with one attached hydrogen (secondary N) is 1. The minimum Gasteiger partial charge on any atom is -0.371 e. The number of amides is 2. The number of anilines is 2. The van der Waals surface area contributed by atoms with Crippen LogP contribution in [-0.2, 0) is 0 Å². The largest absolute Gasteiger partial charge is 0.371 e. The lowest BCUT2D eigenvalue weighted by atomic mass is 10.2.